The number of cyclic esters (lactones) is 1. The Bertz CT molecular complexity index is 1410. The number of esters is 1. The third-order valence-electron chi connectivity index (χ3n) is 5.31. The van der Waals surface area contributed by atoms with Gasteiger partial charge in [-0.25, -0.2) is 13.9 Å². The van der Waals surface area contributed by atoms with Crippen LogP contribution < -0.4 is 11.1 Å². The van der Waals surface area contributed by atoms with Gasteiger partial charge < -0.3 is 15.8 Å². The highest BCUT2D eigenvalue weighted by Gasteiger charge is 2.26. The van der Waals surface area contributed by atoms with Gasteiger partial charge in [-0.3, -0.25) is 9.48 Å². The van der Waals surface area contributed by atoms with E-state index in [4.69, 9.17) is 22.1 Å². The first-order chi connectivity index (χ1) is 15.9. The molecule has 1 atom stereocenters. The smallest absolute Gasteiger partial charge is 0.308 e. The molecular formula is C22H19ClFN7O2. The molecule has 9 nitrogen and oxygen atoms in total. The predicted octanol–water partition coefficient (Wildman–Crippen LogP) is 3.29. The Balaban J connectivity index is 1.63. The Morgan fingerprint density at radius 3 is 2.85 bits per heavy atom. The Kier molecular flexibility index (Phi) is 5.21. The van der Waals surface area contributed by atoms with Crippen molar-refractivity contribution in [2.24, 2.45) is 17.8 Å². The minimum atomic E-state index is -0.479. The molecule has 4 aromatic rings. The minimum absolute atomic E-state index is 0.0920. The molecule has 1 aliphatic rings. The zero-order valence-corrected chi connectivity index (χ0v) is 18.3. The second-order valence-electron chi connectivity index (χ2n) is 7.72. The maximum Gasteiger partial charge on any atom is 0.308 e. The summed E-state index contributed by atoms with van der Waals surface area (Å²) in [6, 6.07) is 5.56. The van der Waals surface area contributed by atoms with E-state index in [0.717, 1.165) is 11.1 Å². The lowest BCUT2D eigenvalue weighted by Crippen LogP contribution is -2.24. The highest BCUT2D eigenvalue weighted by atomic mass is 35.5. The van der Waals surface area contributed by atoms with Gasteiger partial charge in [0.1, 0.15) is 18.3 Å². The van der Waals surface area contributed by atoms with E-state index in [-0.39, 0.29) is 41.6 Å². The van der Waals surface area contributed by atoms with Crippen LogP contribution in [0.3, 0.4) is 0 Å². The molecule has 0 radical (unpaired) electrons. The third-order valence-corrected chi connectivity index (χ3v) is 5.63. The predicted molar refractivity (Wildman–Crippen MR) is 122 cm³/mol. The van der Waals surface area contributed by atoms with Crippen molar-refractivity contribution >= 4 is 40.3 Å². The first kappa shape index (κ1) is 21.0. The standard InChI is InChI=1S/C22H19ClFN7O2/c1-30-9-13(7-26-30)12-4-19-21(28-15-6-20(32)33-11-15)16(8-27-31(19)10-12)22(25)29-18-5-14(24)2-3-17(18)23/h2-5,7-10,15,28H,6,11H2,1H3,(H2,25,29)/t15-/m0/s1. The molecule has 0 saturated carbocycles. The van der Waals surface area contributed by atoms with Crippen LogP contribution in [0.1, 0.15) is 12.0 Å². The van der Waals surface area contributed by atoms with Crippen LogP contribution in [0.2, 0.25) is 5.02 Å². The molecule has 4 heterocycles. The normalized spacial score (nSPS) is 16.4. The molecule has 0 spiro atoms. The fourth-order valence-corrected chi connectivity index (χ4v) is 3.86. The molecule has 1 aliphatic heterocycles. The molecule has 1 saturated heterocycles. The topological polar surface area (TPSA) is 112 Å². The van der Waals surface area contributed by atoms with Crippen molar-refractivity contribution in [1.82, 2.24) is 19.4 Å². The number of ether oxygens (including phenoxy) is 1. The number of halogens is 2. The van der Waals surface area contributed by atoms with E-state index >= 15 is 0 Å². The number of anilines is 1. The summed E-state index contributed by atoms with van der Waals surface area (Å²) < 4.78 is 22.2. The number of benzene rings is 1. The van der Waals surface area contributed by atoms with E-state index in [9.17, 15) is 9.18 Å². The number of aliphatic imine (C=N–C) groups is 1. The number of nitrogens with one attached hydrogen (secondary N) is 1. The Morgan fingerprint density at radius 1 is 1.27 bits per heavy atom. The van der Waals surface area contributed by atoms with E-state index < -0.39 is 5.82 Å². The molecule has 0 bridgehead atoms. The van der Waals surface area contributed by atoms with Crippen molar-refractivity contribution in [3.8, 4) is 11.1 Å². The van der Waals surface area contributed by atoms with Crippen molar-refractivity contribution in [3.63, 3.8) is 0 Å². The van der Waals surface area contributed by atoms with E-state index in [2.05, 4.69) is 20.5 Å². The molecule has 0 amide bonds. The minimum Gasteiger partial charge on any atom is -0.463 e. The van der Waals surface area contributed by atoms with Crippen LogP contribution in [0.5, 0.6) is 0 Å². The lowest BCUT2D eigenvalue weighted by molar-refractivity contribution is -0.137. The maximum absolute atomic E-state index is 13.7. The zero-order valence-electron chi connectivity index (χ0n) is 17.5. The number of rotatable bonds is 5. The van der Waals surface area contributed by atoms with E-state index in [1.807, 2.05) is 25.5 Å². The lowest BCUT2D eigenvalue weighted by Gasteiger charge is -2.16. The summed E-state index contributed by atoms with van der Waals surface area (Å²) in [6.45, 7) is 0.232. The van der Waals surface area contributed by atoms with Crippen LogP contribution in [0.25, 0.3) is 16.6 Å². The van der Waals surface area contributed by atoms with Crippen molar-refractivity contribution in [3.05, 3.63) is 65.5 Å². The summed E-state index contributed by atoms with van der Waals surface area (Å²) in [5.74, 6) is -0.666. The van der Waals surface area contributed by atoms with E-state index in [1.165, 1.54) is 18.2 Å². The molecule has 33 heavy (non-hydrogen) atoms. The number of aryl methyl sites for hydroxylation is 1. The SMILES string of the molecule is Cn1cc(-c2cc3c(N[C@@H]4COC(=O)C4)c(/C(N)=N/c4cc(F)ccc4Cl)cnn3c2)cn1. The highest BCUT2D eigenvalue weighted by molar-refractivity contribution is 6.33. The van der Waals surface area contributed by atoms with Gasteiger partial charge >= 0.3 is 5.97 Å². The number of amidine groups is 1. The largest absolute Gasteiger partial charge is 0.463 e. The van der Waals surface area contributed by atoms with E-state index in [1.54, 1.807) is 21.6 Å². The van der Waals surface area contributed by atoms with Gasteiger partial charge in [0, 0.05) is 36.6 Å². The third kappa shape index (κ3) is 4.12. The number of hydrogen-bond donors (Lipinski definition) is 2. The van der Waals surface area contributed by atoms with Gasteiger partial charge in [-0.15, -0.1) is 0 Å². The number of aromatic nitrogens is 4. The fourth-order valence-electron chi connectivity index (χ4n) is 3.70. The quantitative estimate of drug-likeness (QED) is 0.264. The van der Waals surface area contributed by atoms with Crippen molar-refractivity contribution < 1.29 is 13.9 Å². The van der Waals surface area contributed by atoms with Crippen molar-refractivity contribution in [1.29, 1.82) is 0 Å². The first-order valence-electron chi connectivity index (χ1n) is 10.1. The average Bonchev–Trinajstić information content (AvgIpc) is 3.50. The molecule has 168 valence electrons. The summed E-state index contributed by atoms with van der Waals surface area (Å²) in [7, 11) is 1.84. The molecule has 5 rings (SSSR count). The van der Waals surface area contributed by atoms with Crippen LogP contribution in [0.15, 0.2) is 54.0 Å². The molecule has 3 aromatic heterocycles. The summed E-state index contributed by atoms with van der Waals surface area (Å²) in [4.78, 5) is 16.0. The van der Waals surface area contributed by atoms with Crippen LogP contribution in [0, 0.1) is 5.82 Å². The molecule has 1 aromatic carbocycles. The molecule has 0 unspecified atom stereocenters. The summed E-state index contributed by atoms with van der Waals surface area (Å²) in [5.41, 5.74) is 10.2. The number of hydrogen-bond acceptors (Lipinski definition) is 6. The van der Waals surface area contributed by atoms with Gasteiger partial charge in [-0.2, -0.15) is 10.2 Å². The molecular weight excluding hydrogens is 449 g/mol. The van der Waals surface area contributed by atoms with E-state index in [0.29, 0.717) is 16.8 Å². The highest BCUT2D eigenvalue weighted by Crippen LogP contribution is 2.31. The number of carbonyl (C=O) groups is 1. The monoisotopic (exact) mass is 467 g/mol. The molecule has 3 N–H and O–H groups in total. The molecule has 1 fully saturated rings. The van der Waals surface area contributed by atoms with Crippen LogP contribution in [-0.2, 0) is 16.6 Å². The van der Waals surface area contributed by atoms with Gasteiger partial charge in [-0.05, 0) is 18.2 Å². The van der Waals surface area contributed by atoms with Gasteiger partial charge in [0.05, 0.1) is 52.3 Å². The number of nitrogens with zero attached hydrogens (tertiary/aromatic N) is 5. The summed E-state index contributed by atoms with van der Waals surface area (Å²) in [5, 5.41) is 12.3. The number of fused-ring (bicyclic) bond motifs is 1. The number of nitrogens with two attached hydrogens (primary N) is 1. The Morgan fingerprint density at radius 2 is 2.12 bits per heavy atom. The van der Waals surface area contributed by atoms with Crippen LogP contribution in [-0.4, -0.2) is 43.8 Å². The van der Waals surface area contributed by atoms with Crippen LogP contribution >= 0.6 is 11.6 Å². The lowest BCUT2D eigenvalue weighted by atomic mass is 10.1. The zero-order chi connectivity index (χ0) is 23.1. The first-order valence-corrected chi connectivity index (χ1v) is 10.5. The molecule has 11 heteroatoms. The second kappa shape index (κ2) is 8.21. The maximum atomic E-state index is 13.7. The Labute approximate surface area is 192 Å². The number of carbonyl (C=O) groups excluding carboxylic acids is 1. The average molecular weight is 468 g/mol. The van der Waals surface area contributed by atoms with Crippen molar-refractivity contribution in [2.75, 3.05) is 11.9 Å². The van der Waals surface area contributed by atoms with Gasteiger partial charge in [-0.1, -0.05) is 11.6 Å². The van der Waals surface area contributed by atoms with Crippen LogP contribution in [0.4, 0.5) is 15.8 Å². The summed E-state index contributed by atoms with van der Waals surface area (Å²) >= 11 is 6.16. The van der Waals surface area contributed by atoms with Gasteiger partial charge in [0.15, 0.2) is 0 Å². The fraction of sp³-hybridized carbons (Fsp3) is 0.182. The van der Waals surface area contributed by atoms with Gasteiger partial charge in [0.25, 0.3) is 0 Å². The van der Waals surface area contributed by atoms with Gasteiger partial charge in [0.2, 0.25) is 0 Å². The molecule has 0 aliphatic carbocycles. The summed E-state index contributed by atoms with van der Waals surface area (Å²) in [6.07, 6.45) is 7.30. The van der Waals surface area contributed by atoms with Crippen molar-refractivity contribution in [2.45, 2.75) is 12.5 Å². The second-order valence-corrected chi connectivity index (χ2v) is 8.12. The Hall–Kier alpha value is -3.92.